The summed E-state index contributed by atoms with van der Waals surface area (Å²) in [6, 6.07) is 0. The zero-order valence-electron chi connectivity index (χ0n) is 11.8. The molecule has 1 N–H and O–H groups in total. The van der Waals surface area contributed by atoms with Crippen LogP contribution >= 0.6 is 0 Å². The maximum absolute atomic E-state index is 12.1. The number of rotatable bonds is 5. The fraction of sp³-hybridized carbons (Fsp3) is 0.857. The molecule has 4 nitrogen and oxygen atoms in total. The summed E-state index contributed by atoms with van der Waals surface area (Å²) in [5.74, 6) is -1.48. The van der Waals surface area contributed by atoms with Gasteiger partial charge in [-0.05, 0) is 51.9 Å². The molecule has 4 heteroatoms. The van der Waals surface area contributed by atoms with Crippen LogP contribution in [-0.2, 0) is 14.3 Å². The molecule has 1 saturated carbocycles. The van der Waals surface area contributed by atoms with Crippen molar-refractivity contribution in [3.63, 3.8) is 0 Å². The zero-order valence-corrected chi connectivity index (χ0v) is 11.8. The lowest BCUT2D eigenvalue weighted by Crippen LogP contribution is -2.44. The third-order valence-electron chi connectivity index (χ3n) is 4.30. The molecule has 18 heavy (non-hydrogen) atoms. The minimum absolute atomic E-state index is 0.272. The lowest BCUT2D eigenvalue weighted by atomic mass is 9.84. The Labute approximate surface area is 109 Å². The first-order valence-electron chi connectivity index (χ1n) is 6.73. The second-order valence-corrected chi connectivity index (χ2v) is 5.90. The normalized spacial score (nSPS) is 20.4. The van der Waals surface area contributed by atoms with Gasteiger partial charge in [-0.2, -0.15) is 0 Å². The Hall–Kier alpha value is -1.06. The van der Waals surface area contributed by atoms with E-state index in [-0.39, 0.29) is 5.92 Å². The quantitative estimate of drug-likeness (QED) is 0.606. The number of ether oxygens (including phenoxy) is 1. The Morgan fingerprint density at radius 1 is 1.33 bits per heavy atom. The summed E-state index contributed by atoms with van der Waals surface area (Å²) in [4.78, 5) is 23.2. The van der Waals surface area contributed by atoms with Gasteiger partial charge in [0.1, 0.15) is 5.60 Å². The van der Waals surface area contributed by atoms with E-state index in [9.17, 15) is 9.59 Å². The van der Waals surface area contributed by atoms with Crippen molar-refractivity contribution in [2.24, 2.45) is 11.3 Å². The monoisotopic (exact) mass is 256 g/mol. The van der Waals surface area contributed by atoms with Crippen LogP contribution in [0.1, 0.15) is 59.8 Å². The van der Waals surface area contributed by atoms with Crippen LogP contribution in [0.15, 0.2) is 0 Å². The molecule has 0 saturated heterocycles. The molecular weight excluding hydrogens is 232 g/mol. The van der Waals surface area contributed by atoms with Gasteiger partial charge in [0.05, 0.1) is 0 Å². The number of carbonyl (C=O) groups is 2. The maximum Gasteiger partial charge on any atom is 0.323 e. The summed E-state index contributed by atoms with van der Waals surface area (Å²) in [6.07, 6.45) is 4.73. The third kappa shape index (κ3) is 2.68. The van der Waals surface area contributed by atoms with Crippen molar-refractivity contribution >= 4 is 11.9 Å². The van der Waals surface area contributed by atoms with Crippen molar-refractivity contribution < 1.29 is 19.4 Å². The van der Waals surface area contributed by atoms with Crippen LogP contribution in [0.3, 0.4) is 0 Å². The first-order chi connectivity index (χ1) is 8.26. The van der Waals surface area contributed by atoms with Crippen LogP contribution in [0.2, 0.25) is 0 Å². The van der Waals surface area contributed by atoms with Crippen LogP contribution < -0.4 is 0 Å². The van der Waals surface area contributed by atoms with Crippen molar-refractivity contribution in [3.05, 3.63) is 0 Å². The average Bonchev–Trinajstić information content (AvgIpc) is 2.77. The molecular formula is C14H24O4. The van der Waals surface area contributed by atoms with E-state index in [2.05, 4.69) is 13.8 Å². The van der Waals surface area contributed by atoms with E-state index in [0.29, 0.717) is 0 Å². The largest absolute Gasteiger partial charge is 0.480 e. The Morgan fingerprint density at radius 2 is 1.83 bits per heavy atom. The molecule has 1 aliphatic carbocycles. The van der Waals surface area contributed by atoms with Crippen molar-refractivity contribution in [2.45, 2.75) is 65.4 Å². The van der Waals surface area contributed by atoms with Gasteiger partial charge in [0.25, 0.3) is 0 Å². The molecule has 1 aliphatic rings. The Morgan fingerprint density at radius 3 is 2.22 bits per heavy atom. The number of carboxylic acid groups (broad SMARTS) is 1. The van der Waals surface area contributed by atoms with Gasteiger partial charge in [0.15, 0.2) is 5.41 Å². The highest BCUT2D eigenvalue weighted by Crippen LogP contribution is 2.42. The van der Waals surface area contributed by atoms with Gasteiger partial charge in [-0.3, -0.25) is 9.59 Å². The number of carboxylic acids is 1. The summed E-state index contributed by atoms with van der Waals surface area (Å²) in [5, 5.41) is 9.06. The molecule has 0 spiro atoms. The molecule has 0 heterocycles. The summed E-state index contributed by atoms with van der Waals surface area (Å²) in [7, 11) is 0. The van der Waals surface area contributed by atoms with Crippen molar-refractivity contribution in [1.82, 2.24) is 0 Å². The highest BCUT2D eigenvalue weighted by atomic mass is 16.6. The molecule has 0 bridgehead atoms. The van der Waals surface area contributed by atoms with Gasteiger partial charge in [0, 0.05) is 0 Å². The van der Waals surface area contributed by atoms with E-state index in [0.717, 1.165) is 32.1 Å². The molecule has 1 rings (SSSR count). The second-order valence-electron chi connectivity index (χ2n) is 5.90. The molecule has 1 unspecified atom stereocenters. The summed E-state index contributed by atoms with van der Waals surface area (Å²) >= 11 is 0. The molecule has 104 valence electrons. The molecule has 0 amide bonds. The number of carbonyl (C=O) groups excluding carboxylic acids is 1. The number of esters is 1. The van der Waals surface area contributed by atoms with Crippen molar-refractivity contribution in [1.29, 1.82) is 0 Å². The zero-order chi connectivity index (χ0) is 14.0. The van der Waals surface area contributed by atoms with Gasteiger partial charge in [-0.15, -0.1) is 0 Å². The molecule has 1 fully saturated rings. The van der Waals surface area contributed by atoms with E-state index in [1.165, 1.54) is 13.8 Å². The molecule has 0 radical (unpaired) electrons. The Bertz CT molecular complexity index is 327. The molecule has 0 aromatic rings. The molecule has 0 aliphatic heterocycles. The topological polar surface area (TPSA) is 63.6 Å². The first-order valence-corrected chi connectivity index (χ1v) is 6.73. The first kappa shape index (κ1) is 15.0. The van der Waals surface area contributed by atoms with E-state index in [1.807, 2.05) is 0 Å². The number of hydrogen-bond acceptors (Lipinski definition) is 3. The van der Waals surface area contributed by atoms with E-state index in [4.69, 9.17) is 9.84 Å². The second kappa shape index (κ2) is 5.29. The summed E-state index contributed by atoms with van der Waals surface area (Å²) in [5.41, 5.74) is -1.92. The Kier molecular flexibility index (Phi) is 4.41. The van der Waals surface area contributed by atoms with Crippen molar-refractivity contribution in [3.8, 4) is 0 Å². The molecule has 0 aromatic heterocycles. The van der Waals surface area contributed by atoms with Gasteiger partial charge >= 0.3 is 11.9 Å². The molecule has 1 atom stereocenters. The minimum Gasteiger partial charge on any atom is -0.480 e. The van der Waals surface area contributed by atoms with Crippen LogP contribution in [0, 0.1) is 11.3 Å². The lowest BCUT2D eigenvalue weighted by Gasteiger charge is -2.36. The third-order valence-corrected chi connectivity index (χ3v) is 4.30. The van der Waals surface area contributed by atoms with Crippen molar-refractivity contribution in [2.75, 3.05) is 0 Å². The van der Waals surface area contributed by atoms with E-state index >= 15 is 0 Å². The predicted molar refractivity (Wildman–Crippen MR) is 68.2 cm³/mol. The van der Waals surface area contributed by atoms with Crippen LogP contribution in [0.25, 0.3) is 0 Å². The summed E-state index contributed by atoms with van der Waals surface area (Å²) in [6.45, 7) is 6.95. The highest BCUT2D eigenvalue weighted by Gasteiger charge is 2.47. The predicted octanol–water partition coefficient (Wildman–Crippen LogP) is 3.00. The van der Waals surface area contributed by atoms with E-state index in [1.54, 1.807) is 0 Å². The fourth-order valence-electron chi connectivity index (χ4n) is 2.44. The number of hydrogen-bond donors (Lipinski definition) is 1. The smallest absolute Gasteiger partial charge is 0.323 e. The Balaban J connectivity index is 2.86. The standard InChI is InChI=1S/C14H24O4/c1-5-10(2)14(8-6-7-9-14)18-12(17)13(3,4)11(15)16/h10H,5-9H2,1-4H3,(H,15,16). The summed E-state index contributed by atoms with van der Waals surface area (Å²) < 4.78 is 5.66. The van der Waals surface area contributed by atoms with Gasteiger partial charge < -0.3 is 9.84 Å². The van der Waals surface area contributed by atoms with Crippen LogP contribution in [0.5, 0.6) is 0 Å². The van der Waals surface area contributed by atoms with Gasteiger partial charge in [0.2, 0.25) is 0 Å². The van der Waals surface area contributed by atoms with Gasteiger partial charge in [-0.25, -0.2) is 0 Å². The fourth-order valence-corrected chi connectivity index (χ4v) is 2.44. The van der Waals surface area contributed by atoms with Crippen LogP contribution in [-0.4, -0.2) is 22.6 Å². The maximum atomic E-state index is 12.1. The minimum atomic E-state index is -1.47. The highest BCUT2D eigenvalue weighted by molar-refractivity contribution is 5.98. The lowest BCUT2D eigenvalue weighted by molar-refractivity contribution is -0.182. The SMILES string of the molecule is CCC(C)C1(OC(=O)C(C)(C)C(=O)O)CCCC1. The number of aliphatic carboxylic acids is 1. The van der Waals surface area contributed by atoms with Crippen LogP contribution in [0.4, 0.5) is 0 Å². The molecule has 0 aromatic carbocycles. The van der Waals surface area contributed by atoms with E-state index < -0.39 is 23.0 Å². The van der Waals surface area contributed by atoms with Gasteiger partial charge in [-0.1, -0.05) is 13.8 Å². The average molecular weight is 256 g/mol.